The summed E-state index contributed by atoms with van der Waals surface area (Å²) in [4.78, 5) is 12.9. The lowest BCUT2D eigenvalue weighted by molar-refractivity contribution is -0.121. The van der Waals surface area contributed by atoms with Gasteiger partial charge in [0.1, 0.15) is 0 Å². The highest BCUT2D eigenvalue weighted by Gasteiger charge is 2.14. The summed E-state index contributed by atoms with van der Waals surface area (Å²) >= 11 is 0. The summed E-state index contributed by atoms with van der Waals surface area (Å²) in [5.74, 6) is -0.332. The Kier molecular flexibility index (Phi) is 4.36. The molecule has 1 saturated heterocycles. The second kappa shape index (κ2) is 5.32. The van der Waals surface area contributed by atoms with Crippen molar-refractivity contribution in [3.05, 3.63) is 0 Å². The van der Waals surface area contributed by atoms with Crippen molar-refractivity contribution >= 4 is 5.78 Å². The molecule has 1 rings (SSSR count). The van der Waals surface area contributed by atoms with E-state index in [1.165, 1.54) is 19.8 Å². The second-order valence-electron chi connectivity index (χ2n) is 3.77. The van der Waals surface area contributed by atoms with Crippen LogP contribution < -0.4 is 0 Å². The Balaban J connectivity index is 2.02. The lowest BCUT2D eigenvalue weighted by atomic mass is 10.1. The van der Waals surface area contributed by atoms with Gasteiger partial charge in [0.2, 0.25) is 0 Å². The van der Waals surface area contributed by atoms with Gasteiger partial charge >= 0.3 is 0 Å². The van der Waals surface area contributed by atoms with Gasteiger partial charge in [0.15, 0.2) is 12.0 Å². The van der Waals surface area contributed by atoms with Crippen LogP contribution in [-0.4, -0.2) is 36.5 Å². The largest absolute Gasteiger partial charge is 0.303 e. The Hall–Kier alpha value is -0.440. The van der Waals surface area contributed by atoms with Crippen molar-refractivity contribution in [2.24, 2.45) is 0 Å². The minimum Gasteiger partial charge on any atom is -0.303 e. The maximum absolute atomic E-state index is 12.8. The van der Waals surface area contributed by atoms with E-state index in [4.69, 9.17) is 0 Å². The minimum absolute atomic E-state index is 0.332. The van der Waals surface area contributed by atoms with Crippen molar-refractivity contribution in [2.45, 2.75) is 38.8 Å². The zero-order valence-electron chi connectivity index (χ0n) is 8.26. The maximum Gasteiger partial charge on any atom is 0.163 e. The number of carbonyl (C=O) groups excluding carboxylic acids is 1. The molecule has 1 heterocycles. The number of halogens is 1. The van der Waals surface area contributed by atoms with Crippen molar-refractivity contribution in [1.82, 2.24) is 4.90 Å². The van der Waals surface area contributed by atoms with Crippen LogP contribution in [0, 0.1) is 0 Å². The number of rotatable bonds is 5. The van der Waals surface area contributed by atoms with Gasteiger partial charge < -0.3 is 4.90 Å². The van der Waals surface area contributed by atoms with Crippen LogP contribution in [0.4, 0.5) is 4.39 Å². The van der Waals surface area contributed by atoms with E-state index in [-0.39, 0.29) is 5.78 Å². The molecule has 1 aliphatic rings. The molecule has 0 aromatic rings. The zero-order chi connectivity index (χ0) is 9.68. The van der Waals surface area contributed by atoms with Crippen LogP contribution in [0.15, 0.2) is 0 Å². The molecule has 0 spiro atoms. The fraction of sp³-hybridized carbons (Fsp3) is 0.900. The predicted molar refractivity (Wildman–Crippen MR) is 50.5 cm³/mol. The number of carbonyl (C=O) groups is 1. The molecule has 2 nitrogen and oxygen atoms in total. The number of nitrogens with zero attached hydrogens (tertiary/aromatic N) is 1. The molecule has 1 fully saturated rings. The first-order valence-corrected chi connectivity index (χ1v) is 5.07. The van der Waals surface area contributed by atoms with E-state index in [2.05, 4.69) is 4.90 Å². The van der Waals surface area contributed by atoms with E-state index in [1.807, 2.05) is 0 Å². The van der Waals surface area contributed by atoms with Gasteiger partial charge in [0, 0.05) is 0 Å². The van der Waals surface area contributed by atoms with E-state index in [0.717, 1.165) is 26.1 Å². The van der Waals surface area contributed by atoms with E-state index in [0.29, 0.717) is 6.42 Å². The van der Waals surface area contributed by atoms with E-state index in [9.17, 15) is 9.18 Å². The first-order chi connectivity index (χ1) is 6.20. The molecule has 3 heteroatoms. The third kappa shape index (κ3) is 3.85. The van der Waals surface area contributed by atoms with Gasteiger partial charge in [-0.25, -0.2) is 4.39 Å². The van der Waals surface area contributed by atoms with Crippen molar-refractivity contribution in [2.75, 3.05) is 19.6 Å². The highest BCUT2D eigenvalue weighted by atomic mass is 19.1. The Morgan fingerprint density at radius 3 is 2.62 bits per heavy atom. The minimum atomic E-state index is -1.23. The Morgan fingerprint density at radius 1 is 1.46 bits per heavy atom. The summed E-state index contributed by atoms with van der Waals surface area (Å²) < 4.78 is 12.8. The van der Waals surface area contributed by atoms with E-state index in [1.54, 1.807) is 0 Å². The molecular formula is C10H18FNO. The molecule has 1 atom stereocenters. The summed E-state index contributed by atoms with van der Waals surface area (Å²) in [5, 5.41) is 0. The zero-order valence-corrected chi connectivity index (χ0v) is 8.26. The smallest absolute Gasteiger partial charge is 0.163 e. The number of Topliss-reactive ketones (excluding diaryl/α,β-unsaturated/α-hetero) is 1. The third-order valence-electron chi connectivity index (χ3n) is 2.57. The molecule has 0 amide bonds. The van der Waals surface area contributed by atoms with Crippen molar-refractivity contribution in [1.29, 1.82) is 0 Å². The summed E-state index contributed by atoms with van der Waals surface area (Å²) in [6.07, 6.45) is 2.51. The van der Waals surface area contributed by atoms with Crippen molar-refractivity contribution < 1.29 is 9.18 Å². The summed E-state index contributed by atoms with van der Waals surface area (Å²) in [6.45, 7) is 4.57. The Labute approximate surface area is 79.1 Å². The lowest BCUT2D eigenvalue weighted by Crippen LogP contribution is -2.22. The molecule has 0 radical (unpaired) electrons. The summed E-state index contributed by atoms with van der Waals surface area (Å²) in [7, 11) is 0. The lowest BCUT2D eigenvalue weighted by Gasteiger charge is -2.14. The molecule has 1 aliphatic heterocycles. The van der Waals surface area contributed by atoms with Crippen molar-refractivity contribution in [3.8, 4) is 0 Å². The van der Waals surface area contributed by atoms with Gasteiger partial charge in [-0.05, 0) is 52.2 Å². The fourth-order valence-corrected chi connectivity index (χ4v) is 1.70. The monoisotopic (exact) mass is 187 g/mol. The predicted octanol–water partition coefficient (Wildman–Crippen LogP) is 1.79. The second-order valence-corrected chi connectivity index (χ2v) is 3.77. The Bertz CT molecular complexity index is 166. The molecule has 0 bridgehead atoms. The van der Waals surface area contributed by atoms with Crippen LogP contribution in [0.3, 0.4) is 0 Å². The first-order valence-electron chi connectivity index (χ1n) is 5.07. The van der Waals surface area contributed by atoms with Gasteiger partial charge in [-0.3, -0.25) is 4.79 Å². The molecule has 0 saturated carbocycles. The fourth-order valence-electron chi connectivity index (χ4n) is 1.70. The molecule has 13 heavy (non-hydrogen) atoms. The normalized spacial score (nSPS) is 20.5. The van der Waals surface area contributed by atoms with Crippen LogP contribution in [0.5, 0.6) is 0 Å². The van der Waals surface area contributed by atoms with E-state index < -0.39 is 6.17 Å². The van der Waals surface area contributed by atoms with Crippen LogP contribution in [0.25, 0.3) is 0 Å². The quantitative estimate of drug-likeness (QED) is 0.654. The van der Waals surface area contributed by atoms with E-state index >= 15 is 0 Å². The average Bonchev–Trinajstić information content (AvgIpc) is 2.56. The number of hydrogen-bond donors (Lipinski definition) is 0. The first kappa shape index (κ1) is 10.6. The average molecular weight is 187 g/mol. The number of alkyl halides is 1. The maximum atomic E-state index is 12.8. The van der Waals surface area contributed by atoms with Gasteiger partial charge in [0.25, 0.3) is 0 Å². The van der Waals surface area contributed by atoms with Crippen molar-refractivity contribution in [3.63, 3.8) is 0 Å². The molecule has 0 aromatic heterocycles. The number of ketones is 1. The van der Waals surface area contributed by atoms with Crippen LogP contribution >= 0.6 is 0 Å². The van der Waals surface area contributed by atoms with Gasteiger partial charge in [-0.1, -0.05) is 0 Å². The van der Waals surface area contributed by atoms with Gasteiger partial charge in [-0.2, -0.15) is 0 Å². The Morgan fingerprint density at radius 2 is 2.08 bits per heavy atom. The topological polar surface area (TPSA) is 20.3 Å². The van der Waals surface area contributed by atoms with Crippen LogP contribution in [-0.2, 0) is 4.79 Å². The van der Waals surface area contributed by atoms with Crippen LogP contribution in [0.2, 0.25) is 0 Å². The molecular weight excluding hydrogens is 169 g/mol. The SMILES string of the molecule is CC(=O)[C@H](F)CCCN1CCCC1. The molecule has 0 aromatic carbocycles. The number of likely N-dealkylation sites (tertiary alicyclic amines) is 1. The molecule has 0 N–H and O–H groups in total. The molecule has 76 valence electrons. The molecule has 0 aliphatic carbocycles. The summed E-state index contributed by atoms with van der Waals surface area (Å²) in [5.41, 5.74) is 0. The van der Waals surface area contributed by atoms with Gasteiger partial charge in [0.05, 0.1) is 0 Å². The van der Waals surface area contributed by atoms with Gasteiger partial charge in [-0.15, -0.1) is 0 Å². The third-order valence-corrected chi connectivity index (χ3v) is 2.57. The van der Waals surface area contributed by atoms with Crippen LogP contribution in [0.1, 0.15) is 32.6 Å². The highest BCUT2D eigenvalue weighted by molar-refractivity contribution is 5.80. The standard InChI is InChI=1S/C10H18FNO/c1-9(13)10(11)5-4-8-12-6-2-3-7-12/h10H,2-8H2,1H3/t10-/m1/s1. The molecule has 0 unspecified atom stereocenters. The number of hydrogen-bond acceptors (Lipinski definition) is 2. The summed E-state index contributed by atoms with van der Waals surface area (Å²) in [6, 6.07) is 0. The highest BCUT2D eigenvalue weighted by Crippen LogP contribution is 2.10.